The lowest BCUT2D eigenvalue weighted by atomic mass is 10.1. The van der Waals surface area contributed by atoms with Crippen molar-refractivity contribution in [3.63, 3.8) is 0 Å². The number of nitrogens with zero attached hydrogens (tertiary/aromatic N) is 2. The van der Waals surface area contributed by atoms with E-state index in [9.17, 15) is 0 Å². The molecule has 5 heteroatoms. The Balaban J connectivity index is 1.87. The fourth-order valence-corrected chi connectivity index (χ4v) is 2.96. The van der Waals surface area contributed by atoms with Crippen LogP contribution in [0.4, 0.5) is 0 Å². The summed E-state index contributed by atoms with van der Waals surface area (Å²) in [4.78, 5) is 9.03. The number of hydrogen-bond acceptors (Lipinski definition) is 5. The molecule has 2 heterocycles. The van der Waals surface area contributed by atoms with Gasteiger partial charge in [-0.05, 0) is 24.3 Å². The van der Waals surface area contributed by atoms with Gasteiger partial charge in [0.05, 0.1) is 24.9 Å². The van der Waals surface area contributed by atoms with Gasteiger partial charge in [-0.3, -0.25) is 4.98 Å². The number of benzene rings is 1. The second-order valence-corrected chi connectivity index (χ2v) is 5.67. The molecule has 0 atom stereocenters. The smallest absolute Gasteiger partial charge is 0.123 e. The molecule has 0 saturated carbocycles. The van der Waals surface area contributed by atoms with Crippen LogP contribution in [-0.4, -0.2) is 24.2 Å². The van der Waals surface area contributed by atoms with Gasteiger partial charge in [0, 0.05) is 35.3 Å². The molecule has 0 fully saturated rings. The first kappa shape index (κ1) is 14.5. The van der Waals surface area contributed by atoms with Crippen LogP contribution in [0.25, 0.3) is 11.3 Å². The van der Waals surface area contributed by atoms with Crippen LogP contribution in [0.2, 0.25) is 0 Å². The van der Waals surface area contributed by atoms with Crippen molar-refractivity contribution in [2.75, 3.05) is 14.2 Å². The van der Waals surface area contributed by atoms with E-state index in [4.69, 9.17) is 14.5 Å². The molecule has 2 aromatic heterocycles. The minimum Gasteiger partial charge on any atom is -0.497 e. The Morgan fingerprint density at radius 1 is 1.05 bits per heavy atom. The highest BCUT2D eigenvalue weighted by Gasteiger charge is 2.09. The summed E-state index contributed by atoms with van der Waals surface area (Å²) in [7, 11) is 3.29. The van der Waals surface area contributed by atoms with Gasteiger partial charge in [-0.15, -0.1) is 11.3 Å². The Morgan fingerprint density at radius 3 is 2.45 bits per heavy atom. The number of aromatic nitrogens is 2. The van der Waals surface area contributed by atoms with Crippen LogP contribution < -0.4 is 9.47 Å². The molecular weight excluding hydrogens is 296 g/mol. The van der Waals surface area contributed by atoms with Gasteiger partial charge in [-0.2, -0.15) is 0 Å². The standard InChI is InChI=1S/C17H16N2O2S/c1-20-14-7-12(8-15(10-14)21-2)16-11-22-17(19-16)9-13-5-3-4-6-18-13/h3-8,10-11H,9H2,1-2H3. The largest absolute Gasteiger partial charge is 0.497 e. The maximum absolute atomic E-state index is 5.31. The highest BCUT2D eigenvalue weighted by molar-refractivity contribution is 7.10. The Bertz CT molecular complexity index is 734. The van der Waals surface area contributed by atoms with Crippen LogP contribution in [0.3, 0.4) is 0 Å². The molecule has 0 N–H and O–H groups in total. The summed E-state index contributed by atoms with van der Waals surface area (Å²) < 4.78 is 10.6. The normalized spacial score (nSPS) is 10.5. The van der Waals surface area contributed by atoms with E-state index in [-0.39, 0.29) is 0 Å². The second-order valence-electron chi connectivity index (χ2n) is 4.73. The molecule has 1 aromatic carbocycles. The van der Waals surface area contributed by atoms with Crippen molar-refractivity contribution < 1.29 is 9.47 Å². The number of hydrogen-bond donors (Lipinski definition) is 0. The van der Waals surface area contributed by atoms with E-state index in [1.165, 1.54) is 0 Å². The van der Waals surface area contributed by atoms with Gasteiger partial charge in [0.2, 0.25) is 0 Å². The topological polar surface area (TPSA) is 44.2 Å². The van der Waals surface area contributed by atoms with Crippen molar-refractivity contribution >= 4 is 11.3 Å². The van der Waals surface area contributed by atoms with Gasteiger partial charge in [0.15, 0.2) is 0 Å². The summed E-state index contributed by atoms with van der Waals surface area (Å²) in [6.45, 7) is 0. The summed E-state index contributed by atoms with van der Waals surface area (Å²) in [6, 6.07) is 11.7. The first-order valence-corrected chi connectivity index (χ1v) is 7.74. The van der Waals surface area contributed by atoms with Crippen molar-refractivity contribution in [2.45, 2.75) is 6.42 Å². The zero-order chi connectivity index (χ0) is 15.4. The highest BCUT2D eigenvalue weighted by atomic mass is 32.1. The van der Waals surface area contributed by atoms with Crippen molar-refractivity contribution in [3.05, 3.63) is 58.7 Å². The lowest BCUT2D eigenvalue weighted by Crippen LogP contribution is -1.91. The van der Waals surface area contributed by atoms with E-state index in [1.807, 2.05) is 41.8 Å². The average Bonchev–Trinajstić information content (AvgIpc) is 3.03. The van der Waals surface area contributed by atoms with Crippen LogP contribution in [0, 0.1) is 0 Å². The first-order valence-electron chi connectivity index (χ1n) is 6.86. The molecule has 0 unspecified atom stereocenters. The van der Waals surface area contributed by atoms with Crippen LogP contribution in [0.15, 0.2) is 48.0 Å². The molecule has 0 saturated heterocycles. The second kappa shape index (κ2) is 6.58. The minimum absolute atomic E-state index is 0.743. The molecule has 3 rings (SSSR count). The predicted molar refractivity (Wildman–Crippen MR) is 87.7 cm³/mol. The number of rotatable bonds is 5. The number of methoxy groups -OCH3 is 2. The molecule has 3 aromatic rings. The van der Waals surface area contributed by atoms with Crippen LogP contribution in [0.1, 0.15) is 10.7 Å². The summed E-state index contributed by atoms with van der Waals surface area (Å²) >= 11 is 1.63. The third-order valence-electron chi connectivity index (χ3n) is 3.26. The zero-order valence-electron chi connectivity index (χ0n) is 12.4. The minimum atomic E-state index is 0.743. The molecule has 112 valence electrons. The van der Waals surface area contributed by atoms with Gasteiger partial charge in [-0.25, -0.2) is 4.98 Å². The number of ether oxygens (including phenoxy) is 2. The summed E-state index contributed by atoms with van der Waals surface area (Å²) in [6.07, 6.45) is 2.55. The van der Waals surface area contributed by atoms with Gasteiger partial charge >= 0.3 is 0 Å². The first-order chi connectivity index (χ1) is 10.8. The molecule has 0 spiro atoms. The summed E-state index contributed by atoms with van der Waals surface area (Å²) in [5, 5.41) is 3.09. The molecular formula is C17H16N2O2S. The van der Waals surface area contributed by atoms with Gasteiger partial charge in [0.25, 0.3) is 0 Å². The fourth-order valence-electron chi connectivity index (χ4n) is 2.14. The van der Waals surface area contributed by atoms with Crippen LogP contribution in [-0.2, 0) is 6.42 Å². The van der Waals surface area contributed by atoms with Crippen LogP contribution >= 0.6 is 11.3 Å². The van der Waals surface area contributed by atoms with Gasteiger partial charge in [0.1, 0.15) is 11.5 Å². The molecule has 0 aliphatic carbocycles. The Labute approximate surface area is 133 Å². The van der Waals surface area contributed by atoms with Crippen molar-refractivity contribution in [3.8, 4) is 22.8 Å². The van der Waals surface area contributed by atoms with E-state index < -0.39 is 0 Å². The molecule has 0 aliphatic heterocycles. The maximum Gasteiger partial charge on any atom is 0.123 e. The van der Waals surface area contributed by atoms with E-state index >= 15 is 0 Å². The molecule has 22 heavy (non-hydrogen) atoms. The monoisotopic (exact) mass is 312 g/mol. The Kier molecular flexibility index (Phi) is 4.34. The van der Waals surface area contributed by atoms with Crippen molar-refractivity contribution in [1.29, 1.82) is 0 Å². The highest BCUT2D eigenvalue weighted by Crippen LogP contribution is 2.30. The van der Waals surface area contributed by atoms with Gasteiger partial charge in [-0.1, -0.05) is 6.07 Å². The third-order valence-corrected chi connectivity index (χ3v) is 4.11. The zero-order valence-corrected chi connectivity index (χ0v) is 13.3. The molecule has 4 nitrogen and oxygen atoms in total. The average molecular weight is 312 g/mol. The SMILES string of the molecule is COc1cc(OC)cc(-c2csc(Cc3ccccn3)n2)c1. The van der Waals surface area contributed by atoms with E-state index in [1.54, 1.807) is 31.8 Å². The van der Waals surface area contributed by atoms with E-state index in [2.05, 4.69) is 4.98 Å². The molecule has 0 amide bonds. The number of pyridine rings is 1. The quantitative estimate of drug-likeness (QED) is 0.718. The predicted octanol–water partition coefficient (Wildman–Crippen LogP) is 3.81. The lowest BCUT2D eigenvalue weighted by molar-refractivity contribution is 0.394. The fraction of sp³-hybridized carbons (Fsp3) is 0.176. The van der Waals surface area contributed by atoms with Crippen LogP contribution in [0.5, 0.6) is 11.5 Å². The maximum atomic E-state index is 5.31. The van der Waals surface area contributed by atoms with E-state index in [0.29, 0.717) is 0 Å². The van der Waals surface area contributed by atoms with E-state index in [0.717, 1.165) is 39.9 Å². The summed E-state index contributed by atoms with van der Waals surface area (Å²) in [5.74, 6) is 1.52. The number of thiazole rings is 1. The lowest BCUT2D eigenvalue weighted by Gasteiger charge is -2.06. The van der Waals surface area contributed by atoms with Gasteiger partial charge < -0.3 is 9.47 Å². The molecule has 0 radical (unpaired) electrons. The summed E-state index contributed by atoms with van der Waals surface area (Å²) in [5.41, 5.74) is 2.93. The van der Waals surface area contributed by atoms with Crippen molar-refractivity contribution in [1.82, 2.24) is 9.97 Å². The third kappa shape index (κ3) is 3.26. The Morgan fingerprint density at radius 2 is 1.82 bits per heavy atom. The molecule has 0 aliphatic rings. The van der Waals surface area contributed by atoms with Crippen molar-refractivity contribution in [2.24, 2.45) is 0 Å². The Hall–Kier alpha value is -2.40. The molecule has 0 bridgehead atoms.